The van der Waals surface area contributed by atoms with E-state index in [1.165, 1.54) is 5.56 Å². The number of methoxy groups -OCH3 is 1. The van der Waals surface area contributed by atoms with Gasteiger partial charge >= 0.3 is 0 Å². The molecule has 0 heterocycles. The number of benzene rings is 2. The SMILES string of the molecule is COc1ccc(C(=O)N/N=C(/C)c2ccc(C)cc2)cc1Br. The third-order valence-electron chi connectivity index (χ3n) is 3.21. The lowest BCUT2D eigenvalue weighted by Gasteiger charge is -2.06. The summed E-state index contributed by atoms with van der Waals surface area (Å²) in [5.41, 5.74) is 5.98. The number of aryl methyl sites for hydroxylation is 1. The van der Waals surface area contributed by atoms with Crippen LogP contribution in [0, 0.1) is 6.92 Å². The van der Waals surface area contributed by atoms with E-state index in [9.17, 15) is 4.79 Å². The zero-order valence-electron chi connectivity index (χ0n) is 12.7. The topological polar surface area (TPSA) is 50.7 Å². The van der Waals surface area contributed by atoms with Gasteiger partial charge in [-0.2, -0.15) is 5.10 Å². The van der Waals surface area contributed by atoms with E-state index in [-0.39, 0.29) is 5.91 Å². The van der Waals surface area contributed by atoms with Gasteiger partial charge in [0, 0.05) is 5.56 Å². The highest BCUT2D eigenvalue weighted by Crippen LogP contribution is 2.25. The van der Waals surface area contributed by atoms with Crippen LogP contribution in [-0.4, -0.2) is 18.7 Å². The molecule has 0 saturated heterocycles. The van der Waals surface area contributed by atoms with Crippen molar-refractivity contribution in [3.05, 3.63) is 63.6 Å². The average Bonchev–Trinajstić information content (AvgIpc) is 2.52. The maximum Gasteiger partial charge on any atom is 0.271 e. The first-order chi connectivity index (χ1) is 10.5. The zero-order chi connectivity index (χ0) is 16.1. The molecule has 0 saturated carbocycles. The third-order valence-corrected chi connectivity index (χ3v) is 3.83. The van der Waals surface area contributed by atoms with Gasteiger partial charge in [-0.25, -0.2) is 5.43 Å². The van der Waals surface area contributed by atoms with Crippen LogP contribution in [0.3, 0.4) is 0 Å². The van der Waals surface area contributed by atoms with Crippen LogP contribution >= 0.6 is 15.9 Å². The standard InChI is InChI=1S/C17H17BrN2O2/c1-11-4-6-13(7-5-11)12(2)19-20-17(21)14-8-9-16(22-3)15(18)10-14/h4-10H,1-3H3,(H,20,21)/b19-12-. The number of hydrogen-bond acceptors (Lipinski definition) is 3. The van der Waals surface area contributed by atoms with Crippen LogP contribution < -0.4 is 10.2 Å². The van der Waals surface area contributed by atoms with Crippen molar-refractivity contribution in [2.75, 3.05) is 7.11 Å². The maximum absolute atomic E-state index is 12.1. The van der Waals surface area contributed by atoms with Gasteiger partial charge in [0.2, 0.25) is 0 Å². The highest BCUT2D eigenvalue weighted by molar-refractivity contribution is 9.10. The van der Waals surface area contributed by atoms with Crippen LogP contribution in [0.2, 0.25) is 0 Å². The van der Waals surface area contributed by atoms with Crippen molar-refractivity contribution in [3.8, 4) is 5.75 Å². The van der Waals surface area contributed by atoms with Gasteiger partial charge in [0.15, 0.2) is 0 Å². The normalized spacial score (nSPS) is 11.2. The van der Waals surface area contributed by atoms with Crippen molar-refractivity contribution in [1.82, 2.24) is 5.43 Å². The molecule has 2 aromatic carbocycles. The fraction of sp³-hybridized carbons (Fsp3) is 0.176. The van der Waals surface area contributed by atoms with Crippen LogP contribution in [0.25, 0.3) is 0 Å². The van der Waals surface area contributed by atoms with E-state index < -0.39 is 0 Å². The van der Waals surface area contributed by atoms with Crippen LogP contribution in [0.1, 0.15) is 28.4 Å². The second-order valence-corrected chi connectivity index (χ2v) is 5.71. The molecule has 5 heteroatoms. The first kappa shape index (κ1) is 16.2. The van der Waals surface area contributed by atoms with E-state index in [0.29, 0.717) is 11.3 Å². The van der Waals surface area contributed by atoms with Gasteiger partial charge in [-0.05, 0) is 53.5 Å². The summed E-state index contributed by atoms with van der Waals surface area (Å²) in [6, 6.07) is 13.1. The summed E-state index contributed by atoms with van der Waals surface area (Å²) in [6.45, 7) is 3.88. The molecule has 0 aliphatic carbocycles. The monoisotopic (exact) mass is 360 g/mol. The maximum atomic E-state index is 12.1. The fourth-order valence-electron chi connectivity index (χ4n) is 1.87. The highest BCUT2D eigenvalue weighted by Gasteiger charge is 2.08. The lowest BCUT2D eigenvalue weighted by atomic mass is 10.1. The molecule has 0 bridgehead atoms. The molecule has 1 amide bonds. The van der Waals surface area contributed by atoms with E-state index >= 15 is 0 Å². The smallest absolute Gasteiger partial charge is 0.271 e. The Labute approximate surface area is 138 Å². The van der Waals surface area contributed by atoms with Crippen molar-refractivity contribution in [3.63, 3.8) is 0 Å². The van der Waals surface area contributed by atoms with Gasteiger partial charge in [-0.1, -0.05) is 29.8 Å². The summed E-state index contributed by atoms with van der Waals surface area (Å²) in [5, 5.41) is 4.14. The second-order valence-electron chi connectivity index (χ2n) is 4.85. The molecular weight excluding hydrogens is 344 g/mol. The molecule has 22 heavy (non-hydrogen) atoms. The molecule has 0 radical (unpaired) electrons. The first-order valence-corrected chi connectivity index (χ1v) is 7.56. The molecule has 0 fully saturated rings. The predicted molar refractivity (Wildman–Crippen MR) is 91.6 cm³/mol. The van der Waals surface area contributed by atoms with E-state index in [0.717, 1.165) is 15.7 Å². The van der Waals surface area contributed by atoms with Crippen molar-refractivity contribution < 1.29 is 9.53 Å². The molecule has 0 spiro atoms. The van der Waals surface area contributed by atoms with E-state index in [1.807, 2.05) is 38.1 Å². The molecule has 0 aliphatic rings. The summed E-state index contributed by atoms with van der Waals surface area (Å²) in [5.74, 6) is 0.408. The lowest BCUT2D eigenvalue weighted by molar-refractivity contribution is 0.0954. The lowest BCUT2D eigenvalue weighted by Crippen LogP contribution is -2.19. The molecule has 0 aliphatic heterocycles. The molecule has 0 aromatic heterocycles. The Morgan fingerprint density at radius 2 is 1.77 bits per heavy atom. The largest absolute Gasteiger partial charge is 0.496 e. The van der Waals surface area contributed by atoms with Gasteiger partial charge in [0.25, 0.3) is 5.91 Å². The molecule has 114 valence electrons. The van der Waals surface area contributed by atoms with Crippen molar-refractivity contribution in [1.29, 1.82) is 0 Å². The molecule has 0 atom stereocenters. The number of hydrogen-bond donors (Lipinski definition) is 1. The zero-order valence-corrected chi connectivity index (χ0v) is 14.3. The van der Waals surface area contributed by atoms with Crippen LogP contribution in [0.4, 0.5) is 0 Å². The minimum atomic E-state index is -0.269. The Kier molecular flexibility index (Phi) is 5.33. The Balaban J connectivity index is 2.10. The summed E-state index contributed by atoms with van der Waals surface area (Å²) < 4.78 is 5.86. The molecule has 2 aromatic rings. The van der Waals surface area contributed by atoms with E-state index in [2.05, 4.69) is 26.5 Å². The molecule has 1 N–H and O–H groups in total. The third kappa shape index (κ3) is 3.95. The van der Waals surface area contributed by atoms with Crippen LogP contribution in [0.15, 0.2) is 52.0 Å². The number of hydrazone groups is 1. The quantitative estimate of drug-likeness (QED) is 0.663. The number of ether oxygens (including phenoxy) is 1. The van der Waals surface area contributed by atoms with Crippen molar-refractivity contribution >= 4 is 27.5 Å². The molecule has 4 nitrogen and oxygen atoms in total. The Bertz CT molecular complexity index is 709. The molecule has 0 unspecified atom stereocenters. The number of rotatable bonds is 4. The van der Waals surface area contributed by atoms with Gasteiger partial charge in [0.1, 0.15) is 5.75 Å². The number of nitrogens with one attached hydrogen (secondary N) is 1. The number of nitrogens with zero attached hydrogens (tertiary/aromatic N) is 1. The van der Waals surface area contributed by atoms with Crippen molar-refractivity contribution in [2.24, 2.45) is 5.10 Å². The average molecular weight is 361 g/mol. The second kappa shape index (κ2) is 7.22. The Morgan fingerprint density at radius 1 is 1.14 bits per heavy atom. The van der Waals surface area contributed by atoms with Crippen LogP contribution in [0.5, 0.6) is 5.75 Å². The van der Waals surface area contributed by atoms with Crippen LogP contribution in [-0.2, 0) is 0 Å². The Morgan fingerprint density at radius 3 is 2.36 bits per heavy atom. The number of carbonyl (C=O) groups excluding carboxylic acids is 1. The first-order valence-electron chi connectivity index (χ1n) is 6.76. The van der Waals surface area contributed by atoms with Gasteiger partial charge in [-0.3, -0.25) is 4.79 Å². The summed E-state index contributed by atoms with van der Waals surface area (Å²) in [4.78, 5) is 12.1. The predicted octanol–water partition coefficient (Wildman–Crippen LogP) is 3.92. The van der Waals surface area contributed by atoms with E-state index in [4.69, 9.17) is 4.74 Å². The Hall–Kier alpha value is -2.14. The summed E-state index contributed by atoms with van der Waals surface area (Å²) >= 11 is 3.36. The van der Waals surface area contributed by atoms with Gasteiger partial charge < -0.3 is 4.74 Å². The number of halogens is 1. The number of carbonyl (C=O) groups is 1. The minimum Gasteiger partial charge on any atom is -0.496 e. The minimum absolute atomic E-state index is 0.269. The molecular formula is C17H17BrN2O2. The summed E-state index contributed by atoms with van der Waals surface area (Å²) in [6.07, 6.45) is 0. The van der Waals surface area contributed by atoms with Gasteiger partial charge in [-0.15, -0.1) is 0 Å². The van der Waals surface area contributed by atoms with Gasteiger partial charge in [0.05, 0.1) is 17.3 Å². The fourth-order valence-corrected chi connectivity index (χ4v) is 2.41. The van der Waals surface area contributed by atoms with Crippen molar-refractivity contribution in [2.45, 2.75) is 13.8 Å². The summed E-state index contributed by atoms with van der Waals surface area (Å²) in [7, 11) is 1.58. The van der Waals surface area contributed by atoms with E-state index in [1.54, 1.807) is 25.3 Å². The highest BCUT2D eigenvalue weighted by atomic mass is 79.9. The number of amides is 1. The molecule has 2 rings (SSSR count).